The van der Waals surface area contributed by atoms with E-state index >= 15 is 0 Å². The first-order valence-corrected chi connectivity index (χ1v) is 6.09. The molecule has 0 bridgehead atoms. The second-order valence-electron chi connectivity index (χ2n) is 4.68. The van der Waals surface area contributed by atoms with E-state index < -0.39 is 0 Å². The fourth-order valence-electron chi connectivity index (χ4n) is 2.43. The minimum Gasteiger partial charge on any atom is -0.343 e. The van der Waals surface area contributed by atoms with Crippen molar-refractivity contribution in [3.63, 3.8) is 0 Å². The number of nitrogens with zero attached hydrogens (tertiary/aromatic N) is 2. The van der Waals surface area contributed by atoms with E-state index in [1.54, 1.807) is 13.1 Å². The molecule has 0 saturated carbocycles. The third kappa shape index (κ3) is 2.82. The molecular formula is C13H19N3O. The van der Waals surface area contributed by atoms with Gasteiger partial charge in [-0.2, -0.15) is 0 Å². The van der Waals surface area contributed by atoms with Crippen LogP contribution in [0.2, 0.25) is 0 Å². The molecule has 2 atom stereocenters. The second kappa shape index (κ2) is 5.27. The zero-order valence-electron chi connectivity index (χ0n) is 10.2. The highest BCUT2D eigenvalue weighted by Crippen LogP contribution is 2.27. The lowest BCUT2D eigenvalue weighted by Crippen LogP contribution is -2.42. The van der Waals surface area contributed by atoms with E-state index in [2.05, 4.69) is 4.98 Å². The molecule has 2 rings (SSSR count). The predicted octanol–water partition coefficient (Wildman–Crippen LogP) is 1.34. The van der Waals surface area contributed by atoms with Crippen molar-refractivity contribution in [3.05, 3.63) is 30.1 Å². The highest BCUT2D eigenvalue weighted by molar-refractivity contribution is 5.73. The SMILES string of the molecule is CC(=O)N1CCCC(C(N)c2cccnc2)C1. The molecule has 0 aliphatic carbocycles. The van der Waals surface area contributed by atoms with Crippen LogP contribution in [0.25, 0.3) is 0 Å². The third-order valence-electron chi connectivity index (χ3n) is 3.48. The quantitative estimate of drug-likeness (QED) is 0.838. The largest absolute Gasteiger partial charge is 0.343 e. The van der Waals surface area contributed by atoms with Crippen molar-refractivity contribution in [2.75, 3.05) is 13.1 Å². The normalized spacial score (nSPS) is 22.2. The van der Waals surface area contributed by atoms with Crippen LogP contribution in [0.5, 0.6) is 0 Å². The molecule has 0 aromatic carbocycles. The average Bonchev–Trinajstić information content (AvgIpc) is 2.39. The molecule has 1 saturated heterocycles. The minimum absolute atomic E-state index is 0.0224. The Balaban J connectivity index is 2.05. The molecular weight excluding hydrogens is 214 g/mol. The van der Waals surface area contributed by atoms with Gasteiger partial charge < -0.3 is 10.6 Å². The van der Waals surface area contributed by atoms with E-state index in [0.717, 1.165) is 31.5 Å². The lowest BCUT2D eigenvalue weighted by molar-refractivity contribution is -0.130. The second-order valence-corrected chi connectivity index (χ2v) is 4.68. The number of nitrogens with two attached hydrogens (primary N) is 1. The fourth-order valence-corrected chi connectivity index (χ4v) is 2.43. The van der Waals surface area contributed by atoms with Crippen molar-refractivity contribution in [1.29, 1.82) is 0 Å². The monoisotopic (exact) mass is 233 g/mol. The van der Waals surface area contributed by atoms with Gasteiger partial charge in [-0.15, -0.1) is 0 Å². The topological polar surface area (TPSA) is 59.2 Å². The molecule has 2 heterocycles. The minimum atomic E-state index is -0.0224. The number of hydrogen-bond donors (Lipinski definition) is 1. The summed E-state index contributed by atoms with van der Waals surface area (Å²) in [7, 11) is 0. The predicted molar refractivity (Wildman–Crippen MR) is 66.1 cm³/mol. The van der Waals surface area contributed by atoms with E-state index in [-0.39, 0.29) is 11.9 Å². The summed E-state index contributed by atoms with van der Waals surface area (Å²) in [5, 5.41) is 0. The van der Waals surface area contributed by atoms with Crippen LogP contribution in [0.3, 0.4) is 0 Å². The Morgan fingerprint density at radius 2 is 2.47 bits per heavy atom. The van der Waals surface area contributed by atoms with Gasteiger partial charge in [-0.25, -0.2) is 0 Å². The summed E-state index contributed by atoms with van der Waals surface area (Å²) in [5.41, 5.74) is 7.31. The molecule has 1 aliphatic heterocycles. The van der Waals surface area contributed by atoms with Gasteiger partial charge in [0.15, 0.2) is 0 Å². The number of amides is 1. The highest BCUT2D eigenvalue weighted by Gasteiger charge is 2.27. The molecule has 1 aliphatic rings. The molecule has 2 unspecified atom stereocenters. The number of carbonyl (C=O) groups is 1. The highest BCUT2D eigenvalue weighted by atomic mass is 16.2. The van der Waals surface area contributed by atoms with Crippen molar-refractivity contribution in [2.45, 2.75) is 25.8 Å². The maximum atomic E-state index is 11.4. The van der Waals surface area contributed by atoms with Crippen molar-refractivity contribution in [2.24, 2.45) is 11.7 Å². The van der Waals surface area contributed by atoms with E-state index in [4.69, 9.17) is 5.73 Å². The number of likely N-dealkylation sites (tertiary alicyclic amines) is 1. The number of hydrogen-bond acceptors (Lipinski definition) is 3. The standard InChI is InChI=1S/C13H19N3O/c1-10(17)16-7-3-5-12(9-16)13(14)11-4-2-6-15-8-11/h2,4,6,8,12-13H,3,5,7,9,14H2,1H3. The molecule has 0 spiro atoms. The Morgan fingerprint density at radius 1 is 1.65 bits per heavy atom. The van der Waals surface area contributed by atoms with Gasteiger partial charge in [0.2, 0.25) is 5.91 Å². The van der Waals surface area contributed by atoms with Gasteiger partial charge in [0.05, 0.1) is 0 Å². The lowest BCUT2D eigenvalue weighted by Gasteiger charge is -2.35. The molecule has 2 N–H and O–H groups in total. The van der Waals surface area contributed by atoms with Gasteiger partial charge in [-0.05, 0) is 30.4 Å². The molecule has 92 valence electrons. The molecule has 1 aromatic rings. The van der Waals surface area contributed by atoms with Crippen LogP contribution in [-0.2, 0) is 4.79 Å². The van der Waals surface area contributed by atoms with Crippen LogP contribution in [0.4, 0.5) is 0 Å². The van der Waals surface area contributed by atoms with Crippen molar-refractivity contribution < 1.29 is 4.79 Å². The molecule has 1 amide bonds. The van der Waals surface area contributed by atoms with Crippen LogP contribution in [0.1, 0.15) is 31.4 Å². The van der Waals surface area contributed by atoms with Gasteiger partial charge in [0.25, 0.3) is 0 Å². The summed E-state index contributed by atoms with van der Waals surface area (Å²) in [5.74, 6) is 0.491. The Morgan fingerprint density at radius 3 is 3.12 bits per heavy atom. The Labute approximate surface area is 102 Å². The number of carbonyl (C=O) groups excluding carboxylic acids is 1. The summed E-state index contributed by atoms with van der Waals surface area (Å²) in [6, 6.07) is 3.89. The summed E-state index contributed by atoms with van der Waals surface area (Å²) < 4.78 is 0. The molecule has 4 nitrogen and oxygen atoms in total. The lowest BCUT2D eigenvalue weighted by atomic mass is 9.87. The maximum Gasteiger partial charge on any atom is 0.219 e. The zero-order valence-corrected chi connectivity index (χ0v) is 10.2. The van der Waals surface area contributed by atoms with Gasteiger partial charge in [-0.1, -0.05) is 6.07 Å². The average molecular weight is 233 g/mol. The first kappa shape index (κ1) is 12.0. The van der Waals surface area contributed by atoms with E-state index in [0.29, 0.717) is 5.92 Å². The van der Waals surface area contributed by atoms with E-state index in [1.807, 2.05) is 23.2 Å². The van der Waals surface area contributed by atoms with Crippen molar-refractivity contribution >= 4 is 5.91 Å². The third-order valence-corrected chi connectivity index (χ3v) is 3.48. The van der Waals surface area contributed by atoms with Crippen molar-refractivity contribution in [1.82, 2.24) is 9.88 Å². The molecule has 1 fully saturated rings. The maximum absolute atomic E-state index is 11.4. The number of rotatable bonds is 2. The molecule has 17 heavy (non-hydrogen) atoms. The van der Waals surface area contributed by atoms with E-state index in [1.165, 1.54) is 0 Å². The van der Waals surface area contributed by atoms with Gasteiger partial charge in [0, 0.05) is 38.4 Å². The summed E-state index contributed by atoms with van der Waals surface area (Å²) in [4.78, 5) is 17.4. The van der Waals surface area contributed by atoms with Crippen LogP contribution in [-0.4, -0.2) is 28.9 Å². The number of piperidine rings is 1. The fraction of sp³-hybridized carbons (Fsp3) is 0.538. The number of pyridine rings is 1. The molecule has 1 aromatic heterocycles. The number of aromatic nitrogens is 1. The van der Waals surface area contributed by atoms with Gasteiger partial charge >= 0.3 is 0 Å². The van der Waals surface area contributed by atoms with E-state index in [9.17, 15) is 4.79 Å². The molecule has 0 radical (unpaired) electrons. The van der Waals surface area contributed by atoms with Gasteiger partial charge in [0.1, 0.15) is 0 Å². The summed E-state index contributed by atoms with van der Waals surface area (Å²) in [6.45, 7) is 3.26. The van der Waals surface area contributed by atoms with Gasteiger partial charge in [-0.3, -0.25) is 9.78 Å². The van der Waals surface area contributed by atoms with Crippen LogP contribution in [0.15, 0.2) is 24.5 Å². The Bertz CT molecular complexity index is 380. The van der Waals surface area contributed by atoms with Crippen molar-refractivity contribution in [3.8, 4) is 0 Å². The first-order chi connectivity index (χ1) is 8.18. The van der Waals surface area contributed by atoms with Crippen LogP contribution in [0, 0.1) is 5.92 Å². The summed E-state index contributed by atoms with van der Waals surface area (Å²) in [6.07, 6.45) is 5.69. The first-order valence-electron chi connectivity index (χ1n) is 6.09. The van der Waals surface area contributed by atoms with Crippen LogP contribution < -0.4 is 5.73 Å². The summed E-state index contributed by atoms with van der Waals surface area (Å²) >= 11 is 0. The smallest absolute Gasteiger partial charge is 0.219 e. The van der Waals surface area contributed by atoms with Crippen LogP contribution >= 0.6 is 0 Å². The zero-order chi connectivity index (χ0) is 12.3. The molecule has 4 heteroatoms. The Hall–Kier alpha value is -1.42. The Kier molecular flexibility index (Phi) is 3.74.